The number of hydrogen-bond acceptors (Lipinski definition) is 3. The van der Waals surface area contributed by atoms with Crippen LogP contribution in [-0.4, -0.2) is 10.2 Å². The highest BCUT2D eigenvalue weighted by molar-refractivity contribution is 7.13. The SMILES string of the molecule is Nc1ccc2c(-c3cccs3)n[nH]c2c1. The van der Waals surface area contributed by atoms with E-state index >= 15 is 0 Å². The van der Waals surface area contributed by atoms with Gasteiger partial charge in [-0.05, 0) is 29.6 Å². The Hall–Kier alpha value is -1.81. The number of fused-ring (bicyclic) bond motifs is 1. The molecular weight excluding hydrogens is 206 g/mol. The van der Waals surface area contributed by atoms with Gasteiger partial charge in [-0.15, -0.1) is 11.3 Å². The lowest BCUT2D eigenvalue weighted by atomic mass is 10.2. The quantitative estimate of drug-likeness (QED) is 0.613. The third kappa shape index (κ3) is 1.30. The van der Waals surface area contributed by atoms with Crippen LogP contribution >= 0.6 is 11.3 Å². The Morgan fingerprint density at radius 1 is 1.27 bits per heavy atom. The topological polar surface area (TPSA) is 54.7 Å². The van der Waals surface area contributed by atoms with Gasteiger partial charge in [0.05, 0.1) is 10.4 Å². The summed E-state index contributed by atoms with van der Waals surface area (Å²) in [5.74, 6) is 0. The molecule has 1 aromatic carbocycles. The zero-order chi connectivity index (χ0) is 10.3. The third-order valence-corrected chi connectivity index (χ3v) is 3.22. The molecule has 0 aliphatic rings. The average molecular weight is 215 g/mol. The molecule has 0 bridgehead atoms. The van der Waals surface area contributed by atoms with Crippen molar-refractivity contribution in [2.75, 3.05) is 5.73 Å². The van der Waals surface area contributed by atoms with Crippen LogP contribution in [-0.2, 0) is 0 Å². The standard InChI is InChI=1S/C11H9N3S/c12-7-3-4-8-9(6-7)13-14-11(8)10-2-1-5-15-10/h1-6H,12H2,(H,13,14). The molecule has 4 heteroatoms. The van der Waals surface area contributed by atoms with Gasteiger partial charge in [0, 0.05) is 11.1 Å². The first-order valence-corrected chi connectivity index (χ1v) is 5.50. The molecule has 3 rings (SSSR count). The van der Waals surface area contributed by atoms with E-state index < -0.39 is 0 Å². The fourth-order valence-electron chi connectivity index (χ4n) is 1.64. The van der Waals surface area contributed by atoms with Crippen molar-refractivity contribution >= 4 is 27.9 Å². The highest BCUT2D eigenvalue weighted by atomic mass is 32.1. The van der Waals surface area contributed by atoms with Crippen molar-refractivity contribution < 1.29 is 0 Å². The molecule has 0 spiro atoms. The number of nitrogens with two attached hydrogens (primary N) is 1. The minimum absolute atomic E-state index is 0.754. The van der Waals surface area contributed by atoms with E-state index in [1.807, 2.05) is 29.6 Å². The van der Waals surface area contributed by atoms with Crippen molar-refractivity contribution in [2.45, 2.75) is 0 Å². The maximum atomic E-state index is 5.71. The number of nitrogens with one attached hydrogen (secondary N) is 1. The van der Waals surface area contributed by atoms with Gasteiger partial charge in [0.1, 0.15) is 5.69 Å². The van der Waals surface area contributed by atoms with Crippen LogP contribution in [0, 0.1) is 0 Å². The number of nitrogen functional groups attached to an aromatic ring is 1. The van der Waals surface area contributed by atoms with Crippen LogP contribution < -0.4 is 5.73 Å². The van der Waals surface area contributed by atoms with Gasteiger partial charge in [0.2, 0.25) is 0 Å². The zero-order valence-corrected chi connectivity index (χ0v) is 8.71. The highest BCUT2D eigenvalue weighted by Crippen LogP contribution is 2.30. The Labute approximate surface area is 90.5 Å². The summed E-state index contributed by atoms with van der Waals surface area (Å²) < 4.78 is 0. The monoisotopic (exact) mass is 215 g/mol. The number of thiophene rings is 1. The molecule has 3 aromatic rings. The molecule has 2 heterocycles. The molecule has 0 unspecified atom stereocenters. The Kier molecular flexibility index (Phi) is 1.76. The molecule has 0 radical (unpaired) electrons. The summed E-state index contributed by atoms with van der Waals surface area (Å²) in [6.07, 6.45) is 0. The maximum Gasteiger partial charge on any atom is 0.110 e. The molecule has 3 N–H and O–H groups in total. The van der Waals surface area contributed by atoms with Crippen molar-refractivity contribution in [2.24, 2.45) is 0 Å². The van der Waals surface area contributed by atoms with Gasteiger partial charge < -0.3 is 5.73 Å². The second-order valence-corrected chi connectivity index (χ2v) is 4.30. The molecule has 0 aliphatic carbocycles. The second-order valence-electron chi connectivity index (χ2n) is 3.35. The van der Waals surface area contributed by atoms with Gasteiger partial charge in [0.25, 0.3) is 0 Å². The summed E-state index contributed by atoms with van der Waals surface area (Å²) in [7, 11) is 0. The van der Waals surface area contributed by atoms with Crippen molar-refractivity contribution in [1.82, 2.24) is 10.2 Å². The van der Waals surface area contributed by atoms with Gasteiger partial charge in [-0.1, -0.05) is 6.07 Å². The smallest absolute Gasteiger partial charge is 0.110 e. The average Bonchev–Trinajstić information content (AvgIpc) is 2.82. The van der Waals surface area contributed by atoms with Crippen LogP contribution in [0.4, 0.5) is 5.69 Å². The molecule has 0 atom stereocenters. The summed E-state index contributed by atoms with van der Waals surface area (Å²) in [4.78, 5) is 1.17. The van der Waals surface area contributed by atoms with Crippen LogP contribution in [0.3, 0.4) is 0 Å². The zero-order valence-electron chi connectivity index (χ0n) is 7.90. The van der Waals surface area contributed by atoms with Gasteiger partial charge in [-0.25, -0.2) is 0 Å². The van der Waals surface area contributed by atoms with Crippen molar-refractivity contribution in [1.29, 1.82) is 0 Å². The molecule has 0 saturated heterocycles. The van der Waals surface area contributed by atoms with Crippen LogP contribution in [0.5, 0.6) is 0 Å². The number of aromatic nitrogens is 2. The van der Waals surface area contributed by atoms with Gasteiger partial charge >= 0.3 is 0 Å². The molecule has 0 fully saturated rings. The summed E-state index contributed by atoms with van der Waals surface area (Å²) in [6.45, 7) is 0. The second kappa shape index (κ2) is 3.10. The minimum atomic E-state index is 0.754. The van der Waals surface area contributed by atoms with Crippen molar-refractivity contribution in [3.8, 4) is 10.6 Å². The van der Waals surface area contributed by atoms with E-state index in [1.54, 1.807) is 11.3 Å². The summed E-state index contributed by atoms with van der Waals surface area (Å²) in [6, 6.07) is 9.89. The van der Waals surface area contributed by atoms with E-state index in [1.165, 1.54) is 4.88 Å². The molecular formula is C11H9N3S. The minimum Gasteiger partial charge on any atom is -0.399 e. The lowest BCUT2D eigenvalue weighted by Crippen LogP contribution is -1.82. The number of anilines is 1. The number of H-pyrrole nitrogens is 1. The summed E-state index contributed by atoms with van der Waals surface area (Å²) in [5.41, 5.74) is 8.44. The Morgan fingerprint density at radius 3 is 3.00 bits per heavy atom. The molecule has 3 nitrogen and oxygen atoms in total. The predicted molar refractivity (Wildman–Crippen MR) is 63.8 cm³/mol. The maximum absolute atomic E-state index is 5.71. The fourth-order valence-corrected chi connectivity index (χ4v) is 2.37. The van der Waals surface area contributed by atoms with E-state index in [-0.39, 0.29) is 0 Å². The first-order valence-electron chi connectivity index (χ1n) is 4.62. The van der Waals surface area contributed by atoms with Gasteiger partial charge in [0.15, 0.2) is 0 Å². The van der Waals surface area contributed by atoms with Crippen molar-refractivity contribution in [3.63, 3.8) is 0 Å². The lowest BCUT2D eigenvalue weighted by molar-refractivity contribution is 1.13. The van der Waals surface area contributed by atoms with E-state index in [2.05, 4.69) is 16.3 Å². The normalized spacial score (nSPS) is 10.9. The van der Waals surface area contributed by atoms with Crippen LogP contribution in [0.1, 0.15) is 0 Å². The summed E-state index contributed by atoms with van der Waals surface area (Å²) >= 11 is 1.69. The van der Waals surface area contributed by atoms with Crippen LogP contribution in [0.15, 0.2) is 35.7 Å². The fraction of sp³-hybridized carbons (Fsp3) is 0. The molecule has 15 heavy (non-hydrogen) atoms. The Bertz CT molecular complexity index is 595. The highest BCUT2D eigenvalue weighted by Gasteiger charge is 2.08. The van der Waals surface area contributed by atoms with Crippen LogP contribution in [0.25, 0.3) is 21.5 Å². The molecule has 0 aliphatic heterocycles. The van der Waals surface area contributed by atoms with E-state index in [0.717, 1.165) is 22.3 Å². The summed E-state index contributed by atoms with van der Waals surface area (Å²) in [5, 5.41) is 10.5. The lowest BCUT2D eigenvalue weighted by Gasteiger charge is -1.94. The first kappa shape index (κ1) is 8.49. The van der Waals surface area contributed by atoms with Crippen LogP contribution in [0.2, 0.25) is 0 Å². The number of benzene rings is 1. The van der Waals surface area contributed by atoms with E-state index in [4.69, 9.17) is 5.73 Å². The number of nitrogens with zero attached hydrogens (tertiary/aromatic N) is 1. The molecule has 2 aromatic heterocycles. The van der Waals surface area contributed by atoms with Crippen molar-refractivity contribution in [3.05, 3.63) is 35.7 Å². The molecule has 0 amide bonds. The van der Waals surface area contributed by atoms with E-state index in [9.17, 15) is 0 Å². The first-order chi connectivity index (χ1) is 7.34. The molecule has 74 valence electrons. The Morgan fingerprint density at radius 2 is 2.20 bits per heavy atom. The largest absolute Gasteiger partial charge is 0.399 e. The predicted octanol–water partition coefficient (Wildman–Crippen LogP) is 2.87. The third-order valence-electron chi connectivity index (χ3n) is 2.34. The van der Waals surface area contributed by atoms with Gasteiger partial charge in [-0.2, -0.15) is 5.10 Å². The number of aromatic amines is 1. The van der Waals surface area contributed by atoms with E-state index in [0.29, 0.717) is 0 Å². The van der Waals surface area contributed by atoms with Gasteiger partial charge in [-0.3, -0.25) is 5.10 Å². The molecule has 0 saturated carbocycles. The number of rotatable bonds is 1. The Balaban J connectivity index is 2.29. The number of hydrogen-bond donors (Lipinski definition) is 2.